The van der Waals surface area contributed by atoms with Crippen LogP contribution in [0.25, 0.3) is 27.9 Å². The first-order valence-electron chi connectivity index (χ1n) is 8.59. The van der Waals surface area contributed by atoms with Gasteiger partial charge in [0.05, 0.1) is 28.8 Å². The lowest BCUT2D eigenvalue weighted by molar-refractivity contribution is 0.628. The van der Waals surface area contributed by atoms with Crippen LogP contribution in [-0.2, 0) is 6.54 Å². The normalized spacial score (nSPS) is 11.3. The fourth-order valence-corrected chi connectivity index (χ4v) is 3.23. The molecular weight excluding hydrogens is 359 g/mol. The molecule has 0 unspecified atom stereocenters. The second kappa shape index (κ2) is 6.34. The number of rotatable bonds is 3. The standard InChI is InChI=1S/C20H13FN6O/c21-14-6-4-13(5-7-14)18-17-16(25-20-23-12-24-27(18)20)8-10-26(19(17)28)11-15-3-1-2-9-22-15/h1-10,12H,11H2. The molecule has 136 valence electrons. The van der Waals surface area contributed by atoms with E-state index in [1.807, 2.05) is 18.2 Å². The molecule has 4 heterocycles. The highest BCUT2D eigenvalue weighted by Gasteiger charge is 2.17. The van der Waals surface area contributed by atoms with E-state index < -0.39 is 0 Å². The third kappa shape index (κ3) is 2.62. The number of hydrogen-bond acceptors (Lipinski definition) is 5. The Kier molecular flexibility index (Phi) is 3.68. The highest BCUT2D eigenvalue weighted by molar-refractivity contribution is 5.93. The van der Waals surface area contributed by atoms with Crippen molar-refractivity contribution in [1.82, 2.24) is 29.1 Å². The number of aromatic nitrogens is 6. The van der Waals surface area contributed by atoms with Gasteiger partial charge in [0.2, 0.25) is 0 Å². The smallest absolute Gasteiger partial charge is 0.262 e. The number of nitrogens with zero attached hydrogens (tertiary/aromatic N) is 6. The SMILES string of the molecule is O=c1c2c(-c3ccc(F)cc3)n3ncnc3nc2ccn1Cc1ccccn1. The maximum absolute atomic E-state index is 13.4. The molecule has 0 N–H and O–H groups in total. The van der Waals surface area contributed by atoms with Crippen LogP contribution in [0, 0.1) is 5.82 Å². The molecule has 0 fully saturated rings. The Morgan fingerprint density at radius 2 is 1.86 bits per heavy atom. The van der Waals surface area contributed by atoms with Gasteiger partial charge in [-0.05, 0) is 42.5 Å². The molecular formula is C20H13FN6O. The molecule has 1 aromatic carbocycles. The molecule has 4 aromatic heterocycles. The summed E-state index contributed by atoms with van der Waals surface area (Å²) < 4.78 is 16.5. The predicted octanol–water partition coefficient (Wildman–Crippen LogP) is 2.69. The molecule has 7 nitrogen and oxygen atoms in total. The van der Waals surface area contributed by atoms with Crippen LogP contribution in [-0.4, -0.2) is 29.1 Å². The highest BCUT2D eigenvalue weighted by atomic mass is 19.1. The largest absolute Gasteiger partial charge is 0.309 e. The molecule has 5 aromatic rings. The average molecular weight is 372 g/mol. The Balaban J connectivity index is 1.81. The van der Waals surface area contributed by atoms with E-state index in [-0.39, 0.29) is 11.4 Å². The fraction of sp³-hybridized carbons (Fsp3) is 0.0500. The molecule has 0 aliphatic carbocycles. The van der Waals surface area contributed by atoms with Crippen molar-refractivity contribution < 1.29 is 4.39 Å². The maximum atomic E-state index is 13.4. The van der Waals surface area contributed by atoms with Crippen molar-refractivity contribution in [3.8, 4) is 11.3 Å². The van der Waals surface area contributed by atoms with E-state index >= 15 is 0 Å². The number of benzene rings is 1. The number of halogens is 1. The third-order valence-electron chi connectivity index (χ3n) is 4.52. The van der Waals surface area contributed by atoms with E-state index in [4.69, 9.17) is 0 Å². The van der Waals surface area contributed by atoms with Crippen molar-refractivity contribution in [2.75, 3.05) is 0 Å². The fourth-order valence-electron chi connectivity index (χ4n) is 3.23. The summed E-state index contributed by atoms with van der Waals surface area (Å²) in [5.74, 6) is 0.0122. The van der Waals surface area contributed by atoms with Crippen LogP contribution in [0.2, 0.25) is 0 Å². The van der Waals surface area contributed by atoms with Gasteiger partial charge in [0, 0.05) is 18.0 Å². The van der Waals surface area contributed by atoms with Gasteiger partial charge < -0.3 is 4.57 Å². The first kappa shape index (κ1) is 16.2. The van der Waals surface area contributed by atoms with Gasteiger partial charge >= 0.3 is 0 Å². The second-order valence-corrected chi connectivity index (χ2v) is 6.27. The molecule has 0 bridgehead atoms. The second-order valence-electron chi connectivity index (χ2n) is 6.27. The maximum Gasteiger partial charge on any atom is 0.262 e. The number of fused-ring (bicyclic) bond motifs is 2. The summed E-state index contributed by atoms with van der Waals surface area (Å²) in [4.78, 5) is 26.2. The van der Waals surface area contributed by atoms with Crippen LogP contribution in [0.4, 0.5) is 4.39 Å². The van der Waals surface area contributed by atoms with Crippen LogP contribution in [0.5, 0.6) is 0 Å². The number of hydrogen-bond donors (Lipinski definition) is 0. The molecule has 0 saturated heterocycles. The van der Waals surface area contributed by atoms with Crippen molar-refractivity contribution in [3.63, 3.8) is 0 Å². The molecule has 0 atom stereocenters. The van der Waals surface area contributed by atoms with E-state index in [0.717, 1.165) is 5.69 Å². The van der Waals surface area contributed by atoms with Gasteiger partial charge in [0.1, 0.15) is 12.1 Å². The van der Waals surface area contributed by atoms with Crippen molar-refractivity contribution in [2.45, 2.75) is 6.54 Å². The van der Waals surface area contributed by atoms with E-state index in [0.29, 0.717) is 34.5 Å². The van der Waals surface area contributed by atoms with Gasteiger partial charge in [-0.2, -0.15) is 14.6 Å². The Morgan fingerprint density at radius 1 is 1.00 bits per heavy atom. The van der Waals surface area contributed by atoms with Gasteiger partial charge in [-0.3, -0.25) is 9.78 Å². The zero-order chi connectivity index (χ0) is 19.1. The molecule has 0 spiro atoms. The Morgan fingerprint density at radius 3 is 2.64 bits per heavy atom. The first-order valence-corrected chi connectivity index (χ1v) is 8.59. The first-order chi connectivity index (χ1) is 13.7. The predicted molar refractivity (Wildman–Crippen MR) is 101 cm³/mol. The minimum absolute atomic E-state index is 0.229. The summed E-state index contributed by atoms with van der Waals surface area (Å²) in [6.45, 7) is 0.327. The van der Waals surface area contributed by atoms with Gasteiger partial charge in [0.25, 0.3) is 11.3 Å². The van der Waals surface area contributed by atoms with Crippen LogP contribution < -0.4 is 5.56 Å². The lowest BCUT2D eigenvalue weighted by Gasteiger charge is -2.11. The van der Waals surface area contributed by atoms with Crippen molar-refractivity contribution in [1.29, 1.82) is 0 Å². The summed E-state index contributed by atoms with van der Waals surface area (Å²) in [6.07, 6.45) is 4.75. The van der Waals surface area contributed by atoms with Crippen LogP contribution in [0.3, 0.4) is 0 Å². The Bertz CT molecular complexity index is 1360. The molecule has 28 heavy (non-hydrogen) atoms. The molecule has 0 radical (unpaired) electrons. The molecule has 0 saturated carbocycles. The molecule has 0 amide bonds. The zero-order valence-electron chi connectivity index (χ0n) is 14.5. The topological polar surface area (TPSA) is 78.0 Å². The molecule has 5 rings (SSSR count). The lowest BCUT2D eigenvalue weighted by Crippen LogP contribution is -2.22. The quantitative estimate of drug-likeness (QED) is 0.487. The van der Waals surface area contributed by atoms with Gasteiger partial charge in [-0.15, -0.1) is 0 Å². The monoisotopic (exact) mass is 372 g/mol. The minimum atomic E-state index is -0.357. The van der Waals surface area contributed by atoms with Crippen molar-refractivity contribution in [2.24, 2.45) is 0 Å². The Hall–Kier alpha value is -3.94. The number of pyridine rings is 2. The molecule has 8 heteroatoms. The molecule has 0 aliphatic heterocycles. The summed E-state index contributed by atoms with van der Waals surface area (Å²) in [6, 6.07) is 13.2. The van der Waals surface area contributed by atoms with Crippen LogP contribution >= 0.6 is 0 Å². The third-order valence-corrected chi connectivity index (χ3v) is 4.52. The summed E-state index contributed by atoms with van der Waals surface area (Å²) in [5, 5.41) is 4.60. The van der Waals surface area contributed by atoms with E-state index in [1.165, 1.54) is 23.0 Å². The van der Waals surface area contributed by atoms with Crippen LogP contribution in [0.15, 0.2) is 72.0 Å². The Labute approximate surface area is 157 Å². The minimum Gasteiger partial charge on any atom is -0.309 e. The summed E-state index contributed by atoms with van der Waals surface area (Å²) in [7, 11) is 0. The van der Waals surface area contributed by atoms with E-state index in [2.05, 4.69) is 20.1 Å². The average Bonchev–Trinajstić information content (AvgIpc) is 3.18. The zero-order valence-corrected chi connectivity index (χ0v) is 14.5. The van der Waals surface area contributed by atoms with E-state index in [1.54, 1.807) is 35.2 Å². The summed E-state index contributed by atoms with van der Waals surface area (Å²) >= 11 is 0. The van der Waals surface area contributed by atoms with Gasteiger partial charge in [0.15, 0.2) is 0 Å². The molecule has 0 aliphatic rings. The van der Waals surface area contributed by atoms with Gasteiger partial charge in [-0.1, -0.05) is 6.07 Å². The lowest BCUT2D eigenvalue weighted by atomic mass is 10.1. The highest BCUT2D eigenvalue weighted by Crippen LogP contribution is 2.26. The van der Waals surface area contributed by atoms with Crippen LogP contribution in [0.1, 0.15) is 5.69 Å². The summed E-state index contributed by atoms with van der Waals surface area (Å²) in [5.41, 5.74) is 2.21. The van der Waals surface area contributed by atoms with Crippen molar-refractivity contribution >= 4 is 16.7 Å². The van der Waals surface area contributed by atoms with Crippen molar-refractivity contribution in [3.05, 3.63) is 89.1 Å². The van der Waals surface area contributed by atoms with Gasteiger partial charge in [-0.25, -0.2) is 9.37 Å². The van der Waals surface area contributed by atoms with E-state index in [9.17, 15) is 9.18 Å².